The van der Waals surface area contributed by atoms with Gasteiger partial charge in [0.1, 0.15) is 0 Å². The van der Waals surface area contributed by atoms with E-state index in [0.29, 0.717) is 26.7 Å². The Morgan fingerprint density at radius 3 is 2.67 bits per heavy atom. The lowest BCUT2D eigenvalue weighted by atomic mass is 10.3. The van der Waals surface area contributed by atoms with Gasteiger partial charge in [-0.3, -0.25) is 0 Å². The second-order valence-electron chi connectivity index (χ2n) is 2.70. The van der Waals surface area contributed by atoms with Gasteiger partial charge in [-0.15, -0.1) is 0 Å². The third-order valence-electron chi connectivity index (χ3n) is 1.66. The Balaban J connectivity index is 2.33. The number of nitrogens with two attached hydrogens (primary N) is 1. The van der Waals surface area contributed by atoms with Crippen molar-refractivity contribution in [3.63, 3.8) is 0 Å². The van der Waals surface area contributed by atoms with Crippen LogP contribution in [0.4, 0.5) is 5.69 Å². The van der Waals surface area contributed by atoms with Gasteiger partial charge < -0.3 is 10.5 Å². The van der Waals surface area contributed by atoms with Crippen molar-refractivity contribution in [2.24, 2.45) is 0 Å². The maximum Gasteiger partial charge on any atom is 0.278 e. The molecule has 1 aromatic heterocycles. The van der Waals surface area contributed by atoms with Crippen molar-refractivity contribution >= 4 is 40.2 Å². The number of aromatic nitrogens is 1. The second-order valence-corrected chi connectivity index (χ2v) is 4.38. The summed E-state index contributed by atoms with van der Waals surface area (Å²) >= 11 is 13.0. The van der Waals surface area contributed by atoms with Gasteiger partial charge in [-0.25, -0.2) is 4.98 Å². The van der Waals surface area contributed by atoms with Crippen molar-refractivity contribution < 1.29 is 4.74 Å². The zero-order valence-electron chi connectivity index (χ0n) is 7.41. The van der Waals surface area contributed by atoms with Gasteiger partial charge in [-0.2, -0.15) is 0 Å². The Kier molecular flexibility index (Phi) is 3.00. The Morgan fingerprint density at radius 2 is 2.00 bits per heavy atom. The number of thiazole rings is 1. The lowest BCUT2D eigenvalue weighted by Crippen LogP contribution is -1.92. The molecule has 0 bridgehead atoms. The van der Waals surface area contributed by atoms with E-state index in [1.807, 2.05) is 5.38 Å². The van der Waals surface area contributed by atoms with Crippen LogP contribution < -0.4 is 10.5 Å². The predicted molar refractivity (Wildman–Crippen MR) is 63.1 cm³/mol. The van der Waals surface area contributed by atoms with Crippen LogP contribution in [0.2, 0.25) is 10.0 Å². The summed E-state index contributed by atoms with van der Waals surface area (Å²) in [6, 6.07) is 3.12. The molecule has 1 heterocycles. The minimum Gasteiger partial charge on any atom is -0.429 e. The molecular formula is C9H6Cl2N2OS. The van der Waals surface area contributed by atoms with Gasteiger partial charge in [-0.1, -0.05) is 34.5 Å². The van der Waals surface area contributed by atoms with Crippen molar-refractivity contribution in [3.8, 4) is 10.9 Å². The highest BCUT2D eigenvalue weighted by molar-refractivity contribution is 7.11. The molecule has 2 N–H and O–H groups in total. The predicted octanol–water partition coefficient (Wildman–Crippen LogP) is 3.82. The summed E-state index contributed by atoms with van der Waals surface area (Å²) in [6.07, 6.45) is 1.65. The number of hydrogen-bond donors (Lipinski definition) is 1. The van der Waals surface area contributed by atoms with Crippen LogP contribution in [0, 0.1) is 0 Å². The quantitative estimate of drug-likeness (QED) is 0.836. The van der Waals surface area contributed by atoms with Crippen LogP contribution in [0.5, 0.6) is 10.9 Å². The van der Waals surface area contributed by atoms with E-state index in [1.54, 1.807) is 18.3 Å². The average molecular weight is 261 g/mol. The molecule has 15 heavy (non-hydrogen) atoms. The highest BCUT2D eigenvalue weighted by Gasteiger charge is 2.08. The van der Waals surface area contributed by atoms with Crippen molar-refractivity contribution in [2.45, 2.75) is 0 Å². The van der Waals surface area contributed by atoms with Crippen molar-refractivity contribution in [1.29, 1.82) is 0 Å². The maximum absolute atomic E-state index is 5.84. The zero-order chi connectivity index (χ0) is 10.8. The van der Waals surface area contributed by atoms with Gasteiger partial charge in [0.2, 0.25) is 0 Å². The molecule has 2 rings (SSSR count). The third kappa shape index (κ3) is 2.34. The molecule has 6 heteroatoms. The van der Waals surface area contributed by atoms with E-state index in [9.17, 15) is 0 Å². The van der Waals surface area contributed by atoms with Crippen LogP contribution in [-0.4, -0.2) is 4.98 Å². The van der Waals surface area contributed by atoms with Crippen molar-refractivity contribution in [2.75, 3.05) is 5.73 Å². The van der Waals surface area contributed by atoms with Crippen LogP contribution in [0.1, 0.15) is 0 Å². The molecule has 78 valence electrons. The van der Waals surface area contributed by atoms with Gasteiger partial charge in [0.25, 0.3) is 5.19 Å². The van der Waals surface area contributed by atoms with Crippen molar-refractivity contribution in [3.05, 3.63) is 33.8 Å². The van der Waals surface area contributed by atoms with Crippen molar-refractivity contribution in [1.82, 2.24) is 4.98 Å². The molecule has 0 amide bonds. The number of nitrogen functional groups attached to an aromatic ring is 1. The fourth-order valence-electron chi connectivity index (χ4n) is 0.987. The maximum atomic E-state index is 5.84. The summed E-state index contributed by atoms with van der Waals surface area (Å²) in [5, 5.41) is 3.13. The van der Waals surface area contributed by atoms with Gasteiger partial charge in [0, 0.05) is 17.6 Å². The SMILES string of the molecule is Nc1cc(Cl)c(Cl)cc1Oc1nccs1. The number of halogens is 2. The van der Waals surface area contributed by atoms with Gasteiger partial charge in [-0.05, 0) is 6.07 Å². The first kappa shape index (κ1) is 10.5. The largest absolute Gasteiger partial charge is 0.429 e. The molecule has 0 aliphatic heterocycles. The summed E-state index contributed by atoms with van der Waals surface area (Å²) in [6.45, 7) is 0. The van der Waals surface area contributed by atoms with E-state index in [2.05, 4.69) is 4.98 Å². The molecular weight excluding hydrogens is 255 g/mol. The van der Waals surface area contributed by atoms with Crippen LogP contribution in [0.3, 0.4) is 0 Å². The summed E-state index contributed by atoms with van der Waals surface area (Å²) in [4.78, 5) is 3.97. The number of nitrogens with zero attached hydrogens (tertiary/aromatic N) is 1. The molecule has 0 fully saturated rings. The third-order valence-corrected chi connectivity index (χ3v) is 3.03. The smallest absolute Gasteiger partial charge is 0.278 e. The highest BCUT2D eigenvalue weighted by Crippen LogP contribution is 2.35. The van der Waals surface area contributed by atoms with E-state index in [-0.39, 0.29) is 0 Å². The topological polar surface area (TPSA) is 48.1 Å². The first-order valence-corrected chi connectivity index (χ1v) is 5.62. The minimum atomic E-state index is 0.400. The van der Waals surface area contributed by atoms with E-state index in [0.717, 1.165) is 0 Å². The monoisotopic (exact) mass is 260 g/mol. The zero-order valence-corrected chi connectivity index (χ0v) is 9.73. The number of anilines is 1. The summed E-state index contributed by atoms with van der Waals surface area (Å²) in [5.74, 6) is 0.458. The van der Waals surface area contributed by atoms with E-state index >= 15 is 0 Å². The lowest BCUT2D eigenvalue weighted by molar-refractivity contribution is 0.481. The minimum absolute atomic E-state index is 0.400. The first-order chi connectivity index (χ1) is 7.16. The summed E-state index contributed by atoms with van der Waals surface area (Å²) in [5.41, 5.74) is 6.15. The second kappa shape index (κ2) is 4.26. The first-order valence-electron chi connectivity index (χ1n) is 3.98. The number of ether oxygens (including phenoxy) is 1. The number of rotatable bonds is 2. The molecule has 2 aromatic rings. The summed E-state index contributed by atoms with van der Waals surface area (Å²) < 4.78 is 5.42. The molecule has 0 saturated heterocycles. The molecule has 0 radical (unpaired) electrons. The molecule has 0 aliphatic carbocycles. The van der Waals surface area contributed by atoms with E-state index < -0.39 is 0 Å². The van der Waals surface area contributed by atoms with Crippen LogP contribution >= 0.6 is 34.5 Å². The number of benzene rings is 1. The van der Waals surface area contributed by atoms with Crippen LogP contribution in [-0.2, 0) is 0 Å². The van der Waals surface area contributed by atoms with Gasteiger partial charge in [0.15, 0.2) is 5.75 Å². The Morgan fingerprint density at radius 1 is 1.27 bits per heavy atom. The Bertz CT molecular complexity index is 473. The fraction of sp³-hybridized carbons (Fsp3) is 0. The highest BCUT2D eigenvalue weighted by atomic mass is 35.5. The molecule has 0 atom stereocenters. The molecule has 0 spiro atoms. The standard InChI is InChI=1S/C9H6Cl2N2OS/c10-5-3-7(12)8(4-6(5)11)14-9-13-1-2-15-9/h1-4H,12H2. The fourth-order valence-corrected chi connectivity index (χ4v) is 1.81. The van der Waals surface area contributed by atoms with E-state index in [4.69, 9.17) is 33.7 Å². The molecule has 0 unspecified atom stereocenters. The molecule has 1 aromatic carbocycles. The van der Waals surface area contributed by atoms with Gasteiger partial charge in [0.05, 0.1) is 15.7 Å². The normalized spacial score (nSPS) is 10.3. The molecule has 0 saturated carbocycles. The van der Waals surface area contributed by atoms with E-state index in [1.165, 1.54) is 11.3 Å². The van der Waals surface area contributed by atoms with Gasteiger partial charge >= 0.3 is 0 Å². The lowest BCUT2D eigenvalue weighted by Gasteiger charge is -2.06. The Labute approximate surface area is 100 Å². The summed E-state index contributed by atoms with van der Waals surface area (Å²) in [7, 11) is 0. The average Bonchev–Trinajstić information content (AvgIpc) is 2.67. The Hall–Kier alpha value is -0.970. The molecule has 3 nitrogen and oxygen atoms in total. The van der Waals surface area contributed by atoms with Crippen LogP contribution in [0.25, 0.3) is 0 Å². The van der Waals surface area contributed by atoms with Crippen LogP contribution in [0.15, 0.2) is 23.7 Å². The molecule has 0 aliphatic rings. The number of hydrogen-bond acceptors (Lipinski definition) is 4.